The zero-order chi connectivity index (χ0) is 19.8. The third-order valence-electron chi connectivity index (χ3n) is 4.03. The molecule has 1 aromatic carbocycles. The Morgan fingerprint density at radius 3 is 2.50 bits per heavy atom. The van der Waals surface area contributed by atoms with Gasteiger partial charge in [0.15, 0.2) is 12.4 Å². The Balaban J connectivity index is 1.37. The van der Waals surface area contributed by atoms with E-state index >= 15 is 0 Å². The number of carbonyl (C=O) groups is 3. The Kier molecular flexibility index (Phi) is 6.64. The highest BCUT2D eigenvalue weighted by molar-refractivity contribution is 5.95. The van der Waals surface area contributed by atoms with Crippen LogP contribution in [-0.4, -0.2) is 57.2 Å². The van der Waals surface area contributed by atoms with Crippen LogP contribution in [0.2, 0.25) is 0 Å². The number of rotatable bonds is 7. The SMILES string of the molecule is O=C(COC(=O)CNC(=O)c1ccco1)Nc1ccc(N2CCOCC2)cc1. The second-order valence-electron chi connectivity index (χ2n) is 6.02. The third-order valence-corrected chi connectivity index (χ3v) is 4.03. The number of hydrogen-bond donors (Lipinski definition) is 2. The zero-order valence-corrected chi connectivity index (χ0v) is 15.2. The van der Waals surface area contributed by atoms with Crippen molar-refractivity contribution in [2.75, 3.05) is 49.7 Å². The first-order chi connectivity index (χ1) is 13.6. The zero-order valence-electron chi connectivity index (χ0n) is 15.2. The summed E-state index contributed by atoms with van der Waals surface area (Å²) in [5.74, 6) is -1.64. The van der Waals surface area contributed by atoms with Gasteiger partial charge < -0.3 is 29.4 Å². The molecule has 0 spiro atoms. The maximum absolute atomic E-state index is 11.9. The van der Waals surface area contributed by atoms with Gasteiger partial charge in [-0.3, -0.25) is 14.4 Å². The smallest absolute Gasteiger partial charge is 0.325 e. The lowest BCUT2D eigenvalue weighted by Crippen LogP contribution is -2.36. The van der Waals surface area contributed by atoms with E-state index in [2.05, 4.69) is 15.5 Å². The van der Waals surface area contributed by atoms with Crippen molar-refractivity contribution in [1.82, 2.24) is 5.32 Å². The fourth-order valence-electron chi connectivity index (χ4n) is 2.62. The molecule has 9 nitrogen and oxygen atoms in total. The van der Waals surface area contributed by atoms with E-state index in [0.717, 1.165) is 18.8 Å². The first-order valence-electron chi connectivity index (χ1n) is 8.82. The topological polar surface area (TPSA) is 110 Å². The number of benzene rings is 1. The summed E-state index contributed by atoms with van der Waals surface area (Å²) in [6, 6.07) is 10.4. The van der Waals surface area contributed by atoms with Gasteiger partial charge in [0.25, 0.3) is 11.8 Å². The monoisotopic (exact) mass is 387 g/mol. The normalized spacial score (nSPS) is 13.6. The summed E-state index contributed by atoms with van der Waals surface area (Å²) < 4.78 is 15.1. The molecule has 3 rings (SSSR count). The largest absolute Gasteiger partial charge is 0.459 e. The van der Waals surface area contributed by atoms with Gasteiger partial charge in [-0.05, 0) is 36.4 Å². The maximum Gasteiger partial charge on any atom is 0.325 e. The summed E-state index contributed by atoms with van der Waals surface area (Å²) in [5.41, 5.74) is 1.66. The summed E-state index contributed by atoms with van der Waals surface area (Å²) in [6.45, 7) is 2.26. The molecule has 0 aliphatic carbocycles. The lowest BCUT2D eigenvalue weighted by atomic mass is 10.2. The van der Waals surface area contributed by atoms with Crippen LogP contribution in [0, 0.1) is 0 Å². The minimum Gasteiger partial charge on any atom is -0.459 e. The molecule has 1 aromatic heterocycles. The van der Waals surface area contributed by atoms with Crippen molar-refractivity contribution in [3.63, 3.8) is 0 Å². The molecule has 2 amide bonds. The van der Waals surface area contributed by atoms with Crippen LogP contribution in [0.25, 0.3) is 0 Å². The quantitative estimate of drug-likeness (QED) is 0.683. The van der Waals surface area contributed by atoms with Gasteiger partial charge in [-0.2, -0.15) is 0 Å². The van der Waals surface area contributed by atoms with Crippen LogP contribution in [0.3, 0.4) is 0 Å². The number of nitrogens with zero attached hydrogens (tertiary/aromatic N) is 1. The Morgan fingerprint density at radius 1 is 1.07 bits per heavy atom. The van der Waals surface area contributed by atoms with Gasteiger partial charge in [0, 0.05) is 24.5 Å². The molecule has 148 valence electrons. The van der Waals surface area contributed by atoms with E-state index in [9.17, 15) is 14.4 Å². The molecular formula is C19H21N3O6. The van der Waals surface area contributed by atoms with E-state index in [4.69, 9.17) is 13.9 Å². The second kappa shape index (κ2) is 9.56. The molecule has 0 radical (unpaired) electrons. The average molecular weight is 387 g/mol. The van der Waals surface area contributed by atoms with Crippen LogP contribution in [0.1, 0.15) is 10.6 Å². The molecule has 0 saturated carbocycles. The minimum absolute atomic E-state index is 0.0890. The van der Waals surface area contributed by atoms with Crippen LogP contribution in [0.5, 0.6) is 0 Å². The fourth-order valence-corrected chi connectivity index (χ4v) is 2.62. The van der Waals surface area contributed by atoms with E-state index in [0.29, 0.717) is 18.9 Å². The van der Waals surface area contributed by atoms with Crippen molar-refractivity contribution in [2.45, 2.75) is 0 Å². The van der Waals surface area contributed by atoms with E-state index < -0.39 is 24.4 Å². The van der Waals surface area contributed by atoms with Crippen molar-refractivity contribution in [3.05, 3.63) is 48.4 Å². The number of carbonyl (C=O) groups excluding carboxylic acids is 3. The highest BCUT2D eigenvalue weighted by Crippen LogP contribution is 2.18. The summed E-state index contributed by atoms with van der Waals surface area (Å²) in [5, 5.41) is 5.00. The number of esters is 1. The van der Waals surface area contributed by atoms with E-state index in [1.54, 1.807) is 18.2 Å². The molecule has 2 heterocycles. The third kappa shape index (κ3) is 5.58. The molecule has 2 N–H and O–H groups in total. The van der Waals surface area contributed by atoms with Gasteiger partial charge in [0.2, 0.25) is 0 Å². The second-order valence-corrected chi connectivity index (χ2v) is 6.02. The lowest BCUT2D eigenvalue weighted by molar-refractivity contribution is -0.146. The predicted molar refractivity (Wildman–Crippen MR) is 100 cm³/mol. The standard InChI is InChI=1S/C19H21N3O6/c23-17(13-28-18(24)12-20-19(25)16-2-1-9-27-16)21-14-3-5-15(6-4-14)22-7-10-26-11-8-22/h1-6,9H,7-8,10-13H2,(H,20,25)(H,21,23). The lowest BCUT2D eigenvalue weighted by Gasteiger charge is -2.28. The van der Waals surface area contributed by atoms with E-state index in [1.165, 1.54) is 12.3 Å². The molecule has 9 heteroatoms. The molecule has 1 aliphatic heterocycles. The predicted octanol–water partition coefficient (Wildman–Crippen LogP) is 1.03. The number of amides is 2. The Hall–Kier alpha value is -3.33. The summed E-state index contributed by atoms with van der Waals surface area (Å²) >= 11 is 0. The van der Waals surface area contributed by atoms with Crippen LogP contribution in [0.15, 0.2) is 47.1 Å². The molecule has 0 bridgehead atoms. The molecule has 0 unspecified atom stereocenters. The minimum atomic E-state index is -0.724. The van der Waals surface area contributed by atoms with Crippen LogP contribution in [-0.2, 0) is 19.1 Å². The molecule has 2 aromatic rings. The van der Waals surface area contributed by atoms with Crippen LogP contribution >= 0.6 is 0 Å². The van der Waals surface area contributed by atoms with Crippen molar-refractivity contribution in [1.29, 1.82) is 0 Å². The average Bonchev–Trinajstić information content (AvgIpc) is 3.27. The number of nitrogens with one attached hydrogen (secondary N) is 2. The number of morpholine rings is 1. The van der Waals surface area contributed by atoms with Gasteiger partial charge in [-0.1, -0.05) is 0 Å². The molecular weight excluding hydrogens is 366 g/mol. The molecule has 1 saturated heterocycles. The van der Waals surface area contributed by atoms with E-state index in [1.807, 2.05) is 12.1 Å². The van der Waals surface area contributed by atoms with Gasteiger partial charge >= 0.3 is 5.97 Å². The van der Waals surface area contributed by atoms with Gasteiger partial charge in [0.1, 0.15) is 6.54 Å². The Labute approximate surface area is 161 Å². The summed E-state index contributed by atoms with van der Waals surface area (Å²) in [7, 11) is 0. The van der Waals surface area contributed by atoms with Crippen molar-refractivity contribution < 1.29 is 28.3 Å². The molecule has 1 aliphatic rings. The molecule has 28 heavy (non-hydrogen) atoms. The van der Waals surface area contributed by atoms with E-state index in [-0.39, 0.29) is 12.3 Å². The van der Waals surface area contributed by atoms with Crippen LogP contribution in [0.4, 0.5) is 11.4 Å². The summed E-state index contributed by atoms with van der Waals surface area (Å²) in [6.07, 6.45) is 1.35. The fraction of sp³-hybridized carbons (Fsp3) is 0.316. The summed E-state index contributed by atoms with van der Waals surface area (Å²) in [4.78, 5) is 37.4. The van der Waals surface area contributed by atoms with Crippen molar-refractivity contribution in [3.8, 4) is 0 Å². The number of hydrogen-bond acceptors (Lipinski definition) is 7. The Morgan fingerprint density at radius 2 is 1.82 bits per heavy atom. The number of furan rings is 1. The van der Waals surface area contributed by atoms with Gasteiger partial charge in [0.05, 0.1) is 19.5 Å². The highest BCUT2D eigenvalue weighted by atomic mass is 16.5. The maximum atomic E-state index is 11.9. The van der Waals surface area contributed by atoms with Crippen LogP contribution < -0.4 is 15.5 Å². The number of anilines is 2. The first-order valence-corrected chi connectivity index (χ1v) is 8.82. The van der Waals surface area contributed by atoms with Crippen molar-refractivity contribution in [2.24, 2.45) is 0 Å². The molecule has 0 atom stereocenters. The first kappa shape index (κ1) is 19.4. The van der Waals surface area contributed by atoms with Crippen molar-refractivity contribution >= 4 is 29.2 Å². The van der Waals surface area contributed by atoms with Gasteiger partial charge in [-0.15, -0.1) is 0 Å². The number of ether oxygens (including phenoxy) is 2. The molecule has 1 fully saturated rings. The van der Waals surface area contributed by atoms with Gasteiger partial charge in [-0.25, -0.2) is 0 Å². The highest BCUT2D eigenvalue weighted by Gasteiger charge is 2.13. The Bertz CT molecular complexity index is 798.